The van der Waals surface area contributed by atoms with Crippen LogP contribution in [0.4, 0.5) is 0 Å². The molecule has 0 radical (unpaired) electrons. The van der Waals surface area contributed by atoms with Crippen LogP contribution in [0, 0.1) is 0 Å². The van der Waals surface area contributed by atoms with Gasteiger partial charge in [-0.15, -0.1) is 11.3 Å². The van der Waals surface area contributed by atoms with Crippen LogP contribution in [0.1, 0.15) is 28.7 Å². The molecular formula is C18H18N3O2S+. The second-order valence-electron chi connectivity index (χ2n) is 5.31. The van der Waals surface area contributed by atoms with Gasteiger partial charge in [0.2, 0.25) is 6.20 Å². The topological polar surface area (TPSA) is 66.1 Å². The zero-order chi connectivity index (χ0) is 16.9. The Labute approximate surface area is 144 Å². The summed E-state index contributed by atoms with van der Waals surface area (Å²) >= 11 is 1.44. The summed E-state index contributed by atoms with van der Waals surface area (Å²) in [6, 6.07) is 13.5. The van der Waals surface area contributed by atoms with Crippen molar-refractivity contribution in [1.82, 2.24) is 10.3 Å². The second kappa shape index (κ2) is 7.23. The van der Waals surface area contributed by atoms with Crippen LogP contribution in [0.25, 0.3) is 10.6 Å². The van der Waals surface area contributed by atoms with Crippen LogP contribution in [-0.2, 0) is 13.0 Å². The van der Waals surface area contributed by atoms with Crippen molar-refractivity contribution in [2.45, 2.75) is 19.9 Å². The molecule has 1 aromatic carbocycles. The number of nitrogens with zero attached hydrogens (tertiary/aromatic N) is 2. The van der Waals surface area contributed by atoms with Crippen molar-refractivity contribution in [2.24, 2.45) is 0 Å². The van der Waals surface area contributed by atoms with E-state index >= 15 is 0 Å². The summed E-state index contributed by atoms with van der Waals surface area (Å²) in [7, 11) is 0. The SMILES string of the molecule is CCc1ccc(-c2nc(C(=O)NCc3cccc[n+]3O)cs2)cc1. The van der Waals surface area contributed by atoms with Gasteiger partial charge < -0.3 is 5.32 Å². The van der Waals surface area contributed by atoms with E-state index in [-0.39, 0.29) is 12.5 Å². The highest BCUT2D eigenvalue weighted by Gasteiger charge is 2.14. The predicted octanol–water partition coefficient (Wildman–Crippen LogP) is 2.83. The minimum atomic E-state index is -0.258. The number of carbonyl (C=O) groups is 1. The first kappa shape index (κ1) is 16.1. The molecule has 0 aliphatic rings. The van der Waals surface area contributed by atoms with Crippen LogP contribution in [0.2, 0.25) is 0 Å². The summed E-state index contributed by atoms with van der Waals surface area (Å²) in [5, 5.41) is 15.0. The maximum Gasteiger partial charge on any atom is 0.271 e. The third-order valence-corrected chi connectivity index (χ3v) is 4.59. The van der Waals surface area contributed by atoms with Crippen molar-refractivity contribution in [3.8, 4) is 10.6 Å². The fourth-order valence-corrected chi connectivity index (χ4v) is 3.07. The molecule has 0 bridgehead atoms. The van der Waals surface area contributed by atoms with Crippen LogP contribution in [0.3, 0.4) is 0 Å². The molecule has 2 N–H and O–H groups in total. The quantitative estimate of drug-likeness (QED) is 0.554. The Balaban J connectivity index is 1.68. The maximum atomic E-state index is 12.2. The van der Waals surface area contributed by atoms with Gasteiger partial charge in [0.05, 0.1) is 0 Å². The highest BCUT2D eigenvalue weighted by atomic mass is 32.1. The average Bonchev–Trinajstić information content (AvgIpc) is 3.11. The van der Waals surface area contributed by atoms with Gasteiger partial charge in [-0.1, -0.05) is 31.2 Å². The largest absolute Gasteiger partial charge is 0.340 e. The lowest BCUT2D eigenvalue weighted by atomic mass is 10.1. The molecule has 1 amide bonds. The zero-order valence-corrected chi connectivity index (χ0v) is 14.1. The molecule has 2 heterocycles. The van der Waals surface area contributed by atoms with Crippen molar-refractivity contribution >= 4 is 17.2 Å². The summed E-state index contributed by atoms with van der Waals surface area (Å²) in [5.41, 5.74) is 3.26. The molecule has 24 heavy (non-hydrogen) atoms. The molecule has 2 aromatic heterocycles. The number of pyridine rings is 1. The third kappa shape index (κ3) is 3.60. The molecule has 3 rings (SSSR count). The number of hydrogen-bond acceptors (Lipinski definition) is 4. The first-order chi connectivity index (χ1) is 11.7. The van der Waals surface area contributed by atoms with Crippen LogP contribution in [0.5, 0.6) is 0 Å². The zero-order valence-electron chi connectivity index (χ0n) is 13.3. The van der Waals surface area contributed by atoms with E-state index < -0.39 is 0 Å². The molecule has 0 unspecified atom stereocenters. The molecule has 0 aliphatic carbocycles. The van der Waals surface area contributed by atoms with Gasteiger partial charge in [0.15, 0.2) is 0 Å². The highest BCUT2D eigenvalue weighted by Crippen LogP contribution is 2.24. The molecule has 3 aromatic rings. The van der Waals surface area contributed by atoms with Crippen LogP contribution in [0.15, 0.2) is 54.0 Å². The second-order valence-corrected chi connectivity index (χ2v) is 6.17. The lowest BCUT2D eigenvalue weighted by Gasteiger charge is -2.01. The van der Waals surface area contributed by atoms with Crippen LogP contribution in [-0.4, -0.2) is 16.1 Å². The summed E-state index contributed by atoms with van der Waals surface area (Å²) in [4.78, 5) is 16.6. The van der Waals surface area contributed by atoms with Gasteiger partial charge in [-0.25, -0.2) is 4.98 Å². The van der Waals surface area contributed by atoms with E-state index in [2.05, 4.69) is 29.4 Å². The number of amides is 1. The molecule has 0 saturated carbocycles. The molecule has 0 fully saturated rings. The van der Waals surface area contributed by atoms with E-state index in [0.717, 1.165) is 21.7 Å². The molecule has 0 saturated heterocycles. The van der Waals surface area contributed by atoms with E-state index in [9.17, 15) is 10.0 Å². The number of nitrogens with one attached hydrogen (secondary N) is 1. The van der Waals surface area contributed by atoms with Crippen molar-refractivity contribution in [2.75, 3.05) is 0 Å². The summed E-state index contributed by atoms with van der Waals surface area (Å²) in [5.74, 6) is -0.258. The van der Waals surface area contributed by atoms with Gasteiger partial charge in [-0.05, 0) is 18.1 Å². The van der Waals surface area contributed by atoms with Crippen molar-refractivity contribution in [3.05, 3.63) is 71.0 Å². The minimum absolute atomic E-state index is 0.230. The number of hydrogen-bond donors (Lipinski definition) is 2. The van der Waals surface area contributed by atoms with Gasteiger partial charge in [0, 0.05) is 27.8 Å². The normalized spacial score (nSPS) is 10.5. The Kier molecular flexibility index (Phi) is 4.86. The molecule has 0 spiro atoms. The molecule has 5 nitrogen and oxygen atoms in total. The van der Waals surface area contributed by atoms with Gasteiger partial charge in [0.1, 0.15) is 17.2 Å². The number of thiazole rings is 1. The maximum absolute atomic E-state index is 12.2. The van der Waals surface area contributed by atoms with Crippen molar-refractivity contribution in [3.63, 3.8) is 0 Å². The third-order valence-electron chi connectivity index (χ3n) is 3.70. The van der Waals surface area contributed by atoms with Crippen LogP contribution >= 0.6 is 11.3 Å². The van der Waals surface area contributed by atoms with Gasteiger partial charge >= 0.3 is 0 Å². The summed E-state index contributed by atoms with van der Waals surface area (Å²) in [6.45, 7) is 2.35. The smallest absolute Gasteiger partial charge is 0.271 e. The number of aromatic nitrogens is 2. The average molecular weight is 340 g/mol. The Morgan fingerprint density at radius 1 is 1.25 bits per heavy atom. The Morgan fingerprint density at radius 3 is 2.75 bits per heavy atom. The van der Waals surface area contributed by atoms with Crippen molar-refractivity contribution < 1.29 is 14.7 Å². The predicted molar refractivity (Wildman–Crippen MR) is 91.9 cm³/mol. The fraction of sp³-hybridized carbons (Fsp3) is 0.167. The lowest BCUT2D eigenvalue weighted by molar-refractivity contribution is -0.909. The van der Waals surface area contributed by atoms with E-state index in [0.29, 0.717) is 11.4 Å². The molecule has 0 atom stereocenters. The summed E-state index contributed by atoms with van der Waals surface area (Å²) < 4.78 is 0.988. The minimum Gasteiger partial charge on any atom is -0.340 e. The Hall–Kier alpha value is -2.73. The van der Waals surface area contributed by atoms with E-state index in [1.165, 1.54) is 23.1 Å². The fourth-order valence-electron chi connectivity index (χ4n) is 2.26. The van der Waals surface area contributed by atoms with Gasteiger partial charge in [0.25, 0.3) is 11.6 Å². The van der Waals surface area contributed by atoms with E-state index in [1.807, 2.05) is 12.1 Å². The Bertz CT molecular complexity index is 843. The van der Waals surface area contributed by atoms with E-state index in [4.69, 9.17) is 0 Å². The number of rotatable bonds is 5. The number of aryl methyl sites for hydroxylation is 1. The van der Waals surface area contributed by atoms with Gasteiger partial charge in [-0.2, -0.15) is 0 Å². The Morgan fingerprint density at radius 2 is 2.04 bits per heavy atom. The molecule has 122 valence electrons. The first-order valence-corrected chi connectivity index (χ1v) is 8.57. The van der Waals surface area contributed by atoms with Crippen LogP contribution < -0.4 is 10.0 Å². The molecule has 0 aliphatic heterocycles. The monoisotopic (exact) mass is 340 g/mol. The number of benzene rings is 1. The van der Waals surface area contributed by atoms with Gasteiger partial charge in [-0.3, -0.25) is 10.0 Å². The number of carbonyl (C=O) groups excluding carboxylic acids is 1. The standard InChI is InChI=1S/C18H17N3O2S/c1-2-13-6-8-14(9-7-13)18-20-16(12-24-18)17(22)19-11-15-5-3-4-10-21(15)23/h3-10,12H,2,11H2,1H3,(H-,19,22,23)/p+1. The first-order valence-electron chi connectivity index (χ1n) is 7.69. The molecule has 6 heteroatoms. The summed E-state index contributed by atoms with van der Waals surface area (Å²) in [6.07, 6.45) is 2.51. The lowest BCUT2D eigenvalue weighted by Crippen LogP contribution is -2.38. The molecular weight excluding hydrogens is 322 g/mol. The van der Waals surface area contributed by atoms with Crippen molar-refractivity contribution in [1.29, 1.82) is 0 Å². The highest BCUT2D eigenvalue weighted by molar-refractivity contribution is 7.13. The van der Waals surface area contributed by atoms with E-state index in [1.54, 1.807) is 23.6 Å².